The standard InChI is InChI=1S/C30H25ClN2O4S/c1-3-36-29(35)26-19(2)32-30-33(27(26)21-9-5-4-6-10-21)28(34)25(38-30)17-20-13-15-23(16-14-20)37-18-22-11-7-8-12-24(22)31/h4-17,27H,3,18H2,1-2H3/b25-17-/t27-/m0/s1. The van der Waals surface area contributed by atoms with Crippen LogP contribution in [0.2, 0.25) is 5.02 Å². The van der Waals surface area contributed by atoms with Crippen molar-refractivity contribution in [1.29, 1.82) is 0 Å². The number of allylic oxidation sites excluding steroid dienone is 1. The summed E-state index contributed by atoms with van der Waals surface area (Å²) in [5.41, 5.74) is 3.28. The maximum Gasteiger partial charge on any atom is 0.338 e. The van der Waals surface area contributed by atoms with Crippen molar-refractivity contribution in [3.63, 3.8) is 0 Å². The number of rotatable bonds is 7. The molecule has 0 N–H and O–H groups in total. The Morgan fingerprint density at radius 3 is 2.47 bits per heavy atom. The quantitative estimate of drug-likeness (QED) is 0.306. The number of nitrogens with zero attached hydrogens (tertiary/aromatic N) is 2. The Morgan fingerprint density at radius 2 is 1.76 bits per heavy atom. The number of halogens is 1. The van der Waals surface area contributed by atoms with Crippen LogP contribution in [-0.4, -0.2) is 17.1 Å². The molecule has 192 valence electrons. The monoisotopic (exact) mass is 544 g/mol. The third kappa shape index (κ3) is 5.21. The van der Waals surface area contributed by atoms with Crippen molar-refractivity contribution < 1.29 is 14.3 Å². The predicted octanol–water partition coefficient (Wildman–Crippen LogP) is 5.03. The van der Waals surface area contributed by atoms with Crippen LogP contribution in [0.25, 0.3) is 6.08 Å². The lowest BCUT2D eigenvalue weighted by atomic mass is 9.96. The molecule has 1 aliphatic rings. The van der Waals surface area contributed by atoms with E-state index in [9.17, 15) is 9.59 Å². The zero-order valence-electron chi connectivity index (χ0n) is 20.9. The third-order valence-electron chi connectivity index (χ3n) is 6.16. The average Bonchev–Trinajstić information content (AvgIpc) is 3.23. The molecular weight excluding hydrogens is 520 g/mol. The van der Waals surface area contributed by atoms with Gasteiger partial charge in [-0.15, -0.1) is 0 Å². The van der Waals surface area contributed by atoms with Gasteiger partial charge in [0, 0.05) is 10.6 Å². The van der Waals surface area contributed by atoms with Gasteiger partial charge < -0.3 is 9.47 Å². The van der Waals surface area contributed by atoms with E-state index in [4.69, 9.17) is 21.1 Å². The van der Waals surface area contributed by atoms with Gasteiger partial charge >= 0.3 is 5.97 Å². The highest BCUT2D eigenvalue weighted by molar-refractivity contribution is 7.07. The molecule has 0 radical (unpaired) electrons. The van der Waals surface area contributed by atoms with Crippen LogP contribution >= 0.6 is 22.9 Å². The van der Waals surface area contributed by atoms with E-state index in [-0.39, 0.29) is 12.2 Å². The molecule has 0 unspecified atom stereocenters. The Labute approximate surface area is 228 Å². The number of thiazole rings is 1. The molecule has 8 heteroatoms. The van der Waals surface area contributed by atoms with Crippen molar-refractivity contribution in [2.45, 2.75) is 26.5 Å². The fraction of sp³-hybridized carbons (Fsp3) is 0.167. The lowest BCUT2D eigenvalue weighted by Gasteiger charge is -2.24. The highest BCUT2D eigenvalue weighted by Crippen LogP contribution is 2.30. The topological polar surface area (TPSA) is 69.9 Å². The van der Waals surface area contributed by atoms with Crippen molar-refractivity contribution in [3.05, 3.63) is 132 Å². The SMILES string of the molecule is CCOC(=O)C1=C(C)N=c2s/c(=C\c3ccc(OCc4ccccc4Cl)cc3)c(=O)n2[C@H]1c1ccccc1. The molecule has 5 rings (SSSR count). The summed E-state index contributed by atoms with van der Waals surface area (Å²) >= 11 is 7.51. The van der Waals surface area contributed by atoms with Crippen LogP contribution in [0, 0.1) is 0 Å². The molecule has 0 fully saturated rings. The van der Waals surface area contributed by atoms with E-state index in [1.54, 1.807) is 18.4 Å². The second-order valence-electron chi connectivity index (χ2n) is 8.66. The van der Waals surface area contributed by atoms with E-state index in [0.717, 1.165) is 16.7 Å². The lowest BCUT2D eigenvalue weighted by Crippen LogP contribution is -2.39. The molecule has 1 aromatic heterocycles. The number of benzene rings is 3. The van der Waals surface area contributed by atoms with E-state index in [1.165, 1.54) is 11.3 Å². The van der Waals surface area contributed by atoms with Crippen LogP contribution in [0.4, 0.5) is 0 Å². The first kappa shape index (κ1) is 25.7. The average molecular weight is 545 g/mol. The molecular formula is C30H25ClN2O4S. The number of ether oxygens (including phenoxy) is 2. The largest absolute Gasteiger partial charge is 0.489 e. The number of fused-ring (bicyclic) bond motifs is 1. The van der Waals surface area contributed by atoms with Crippen LogP contribution in [0.3, 0.4) is 0 Å². The van der Waals surface area contributed by atoms with Crippen molar-refractivity contribution in [2.75, 3.05) is 6.61 Å². The third-order valence-corrected chi connectivity index (χ3v) is 7.51. The number of carbonyl (C=O) groups is 1. The Balaban J connectivity index is 1.49. The summed E-state index contributed by atoms with van der Waals surface area (Å²) in [6.45, 7) is 4.13. The first-order valence-electron chi connectivity index (χ1n) is 12.2. The fourth-order valence-electron chi connectivity index (χ4n) is 4.33. The van der Waals surface area contributed by atoms with E-state index in [2.05, 4.69) is 4.99 Å². The maximum atomic E-state index is 13.7. The molecule has 0 saturated carbocycles. The van der Waals surface area contributed by atoms with E-state index in [0.29, 0.717) is 38.0 Å². The molecule has 3 aromatic carbocycles. The molecule has 0 spiro atoms. The maximum absolute atomic E-state index is 13.7. The van der Waals surface area contributed by atoms with Crippen LogP contribution in [0.5, 0.6) is 5.75 Å². The van der Waals surface area contributed by atoms with Gasteiger partial charge in [-0.25, -0.2) is 9.79 Å². The van der Waals surface area contributed by atoms with Crippen molar-refractivity contribution in [1.82, 2.24) is 4.57 Å². The van der Waals surface area contributed by atoms with Gasteiger partial charge in [0.1, 0.15) is 12.4 Å². The van der Waals surface area contributed by atoms with Crippen molar-refractivity contribution in [2.24, 2.45) is 4.99 Å². The number of carbonyl (C=O) groups excluding carboxylic acids is 1. The Kier molecular flexibility index (Phi) is 7.58. The van der Waals surface area contributed by atoms with Crippen LogP contribution in [0.15, 0.2) is 99.9 Å². The molecule has 0 amide bonds. The molecule has 38 heavy (non-hydrogen) atoms. The van der Waals surface area contributed by atoms with Gasteiger partial charge in [0.15, 0.2) is 4.80 Å². The Bertz CT molecular complexity index is 1690. The minimum Gasteiger partial charge on any atom is -0.489 e. The summed E-state index contributed by atoms with van der Waals surface area (Å²) < 4.78 is 13.3. The summed E-state index contributed by atoms with van der Waals surface area (Å²) in [5.74, 6) is 0.228. The minimum absolute atomic E-state index is 0.212. The smallest absolute Gasteiger partial charge is 0.338 e. The van der Waals surface area contributed by atoms with Gasteiger partial charge in [-0.2, -0.15) is 0 Å². The number of esters is 1. The predicted molar refractivity (Wildman–Crippen MR) is 149 cm³/mol. The summed E-state index contributed by atoms with van der Waals surface area (Å²) in [4.78, 5) is 31.7. The van der Waals surface area contributed by atoms with E-state index < -0.39 is 12.0 Å². The van der Waals surface area contributed by atoms with Crippen molar-refractivity contribution >= 4 is 35.0 Å². The fourth-order valence-corrected chi connectivity index (χ4v) is 5.57. The zero-order valence-corrected chi connectivity index (χ0v) is 22.5. The highest BCUT2D eigenvalue weighted by atomic mass is 35.5. The summed E-state index contributed by atoms with van der Waals surface area (Å²) in [5, 5.41) is 0.662. The molecule has 1 aliphatic heterocycles. The number of aromatic nitrogens is 1. The Hall–Kier alpha value is -3.94. The van der Waals surface area contributed by atoms with Crippen molar-refractivity contribution in [3.8, 4) is 5.75 Å². The first-order chi connectivity index (χ1) is 18.5. The molecule has 0 bridgehead atoms. The van der Waals surface area contributed by atoms with Crippen LogP contribution < -0.4 is 19.6 Å². The number of hydrogen-bond acceptors (Lipinski definition) is 6. The van der Waals surface area contributed by atoms with Gasteiger partial charge in [0.05, 0.1) is 28.5 Å². The lowest BCUT2D eigenvalue weighted by molar-refractivity contribution is -0.139. The summed E-state index contributed by atoms with van der Waals surface area (Å²) in [6.07, 6.45) is 1.83. The molecule has 1 atom stereocenters. The van der Waals surface area contributed by atoms with Gasteiger partial charge in [0.25, 0.3) is 5.56 Å². The van der Waals surface area contributed by atoms with E-state index in [1.807, 2.05) is 84.9 Å². The number of hydrogen-bond donors (Lipinski definition) is 0. The molecule has 4 aromatic rings. The van der Waals surface area contributed by atoms with Crippen LogP contribution in [0.1, 0.15) is 36.6 Å². The molecule has 2 heterocycles. The normalized spacial score (nSPS) is 15.1. The van der Waals surface area contributed by atoms with Gasteiger partial charge in [-0.05, 0) is 49.2 Å². The first-order valence-corrected chi connectivity index (χ1v) is 13.4. The molecule has 0 saturated heterocycles. The summed E-state index contributed by atoms with van der Waals surface area (Å²) in [7, 11) is 0. The highest BCUT2D eigenvalue weighted by Gasteiger charge is 2.33. The second-order valence-corrected chi connectivity index (χ2v) is 10.1. The van der Waals surface area contributed by atoms with Gasteiger partial charge in [-0.3, -0.25) is 9.36 Å². The van der Waals surface area contributed by atoms with Gasteiger partial charge in [0.2, 0.25) is 0 Å². The summed E-state index contributed by atoms with van der Waals surface area (Å²) in [6, 6.07) is 23.9. The second kappa shape index (κ2) is 11.2. The zero-order chi connectivity index (χ0) is 26.6. The minimum atomic E-state index is -0.616. The van der Waals surface area contributed by atoms with Gasteiger partial charge in [-0.1, -0.05) is 83.6 Å². The molecule has 0 aliphatic carbocycles. The van der Waals surface area contributed by atoms with Crippen LogP contribution in [-0.2, 0) is 16.1 Å². The van der Waals surface area contributed by atoms with E-state index >= 15 is 0 Å². The molecule has 6 nitrogen and oxygen atoms in total. The Morgan fingerprint density at radius 1 is 1.05 bits per heavy atom.